The van der Waals surface area contributed by atoms with E-state index in [-0.39, 0.29) is 0 Å². The number of aliphatic hydroxyl groups is 1. The first-order valence-corrected chi connectivity index (χ1v) is 5.39. The highest BCUT2D eigenvalue weighted by molar-refractivity contribution is 6.31. The van der Waals surface area contributed by atoms with Crippen LogP contribution in [0, 0.1) is 13.8 Å². The second kappa shape index (κ2) is 5.49. The van der Waals surface area contributed by atoms with Crippen molar-refractivity contribution in [3.8, 4) is 0 Å². The molecule has 0 aliphatic rings. The number of hydrogen-bond donors (Lipinski definition) is 1. The van der Waals surface area contributed by atoms with Gasteiger partial charge in [-0.15, -0.1) is 0 Å². The lowest BCUT2D eigenvalue weighted by Gasteiger charge is -2.11. The van der Waals surface area contributed by atoms with Crippen LogP contribution in [-0.2, 0) is 11.3 Å². The Balaban J connectivity index is 2.60. The van der Waals surface area contributed by atoms with Crippen molar-refractivity contribution >= 4 is 11.6 Å². The van der Waals surface area contributed by atoms with E-state index >= 15 is 0 Å². The molecule has 1 aromatic rings. The molecule has 1 N–H and O–H groups in total. The largest absolute Gasteiger partial charge is 0.389 e. The van der Waals surface area contributed by atoms with Crippen molar-refractivity contribution in [3.63, 3.8) is 0 Å². The minimum atomic E-state index is -0.543. The van der Waals surface area contributed by atoms with Crippen molar-refractivity contribution in [2.24, 2.45) is 0 Å². The molecule has 1 atom stereocenters. The van der Waals surface area contributed by atoms with Crippen LogP contribution in [0.1, 0.15) is 18.3 Å². The quantitative estimate of drug-likeness (QED) is 0.838. The number of aryl methyl sites for hydroxylation is 1. The average Bonchev–Trinajstić information content (AvgIpc) is 2.43. The average molecular weight is 233 g/mol. The number of aliphatic hydroxyl groups excluding tert-OH is 1. The maximum atomic E-state index is 9.63. The van der Waals surface area contributed by atoms with Gasteiger partial charge in [0.2, 0.25) is 0 Å². The summed E-state index contributed by atoms with van der Waals surface area (Å²) in [7, 11) is 0. The summed E-state index contributed by atoms with van der Waals surface area (Å²) >= 11 is 5.99. The Hall–Kier alpha value is -0.580. The fraction of sp³-hybridized carbons (Fsp3) is 0.700. The van der Waals surface area contributed by atoms with Crippen LogP contribution < -0.4 is 0 Å². The Morgan fingerprint density at radius 2 is 2.20 bits per heavy atom. The molecule has 5 heteroatoms. The lowest BCUT2D eigenvalue weighted by Crippen LogP contribution is -2.23. The summed E-state index contributed by atoms with van der Waals surface area (Å²) in [4.78, 5) is 0. The SMILES string of the molecule is CCOCC(O)Cn1nc(C)c(Cl)c1C. The predicted molar refractivity (Wildman–Crippen MR) is 59.2 cm³/mol. The molecule has 0 aromatic carbocycles. The Morgan fingerprint density at radius 1 is 1.53 bits per heavy atom. The standard InChI is InChI=1S/C10H17ClN2O2/c1-4-15-6-9(14)5-13-8(3)10(11)7(2)12-13/h9,14H,4-6H2,1-3H3. The van der Waals surface area contributed by atoms with Crippen molar-refractivity contribution in [1.82, 2.24) is 9.78 Å². The lowest BCUT2D eigenvalue weighted by molar-refractivity contribution is 0.0313. The second-order valence-corrected chi connectivity index (χ2v) is 3.86. The fourth-order valence-corrected chi connectivity index (χ4v) is 1.49. The van der Waals surface area contributed by atoms with E-state index < -0.39 is 6.10 Å². The Kier molecular flexibility index (Phi) is 4.57. The summed E-state index contributed by atoms with van der Waals surface area (Å²) in [5.74, 6) is 0. The van der Waals surface area contributed by atoms with Gasteiger partial charge in [-0.05, 0) is 20.8 Å². The molecule has 0 amide bonds. The minimum absolute atomic E-state index is 0.326. The van der Waals surface area contributed by atoms with Crippen LogP contribution >= 0.6 is 11.6 Å². The monoisotopic (exact) mass is 232 g/mol. The Bertz CT molecular complexity index is 325. The van der Waals surface area contributed by atoms with E-state index in [4.69, 9.17) is 16.3 Å². The van der Waals surface area contributed by atoms with Gasteiger partial charge in [-0.2, -0.15) is 5.10 Å². The van der Waals surface area contributed by atoms with Crippen molar-refractivity contribution < 1.29 is 9.84 Å². The van der Waals surface area contributed by atoms with E-state index in [2.05, 4.69) is 5.10 Å². The maximum Gasteiger partial charge on any atom is 0.0969 e. The van der Waals surface area contributed by atoms with E-state index in [0.29, 0.717) is 24.8 Å². The molecule has 1 heterocycles. The minimum Gasteiger partial charge on any atom is -0.389 e. The third-order valence-corrected chi connectivity index (χ3v) is 2.74. The predicted octanol–water partition coefficient (Wildman–Crippen LogP) is 1.55. The molecule has 1 aromatic heterocycles. The first-order valence-electron chi connectivity index (χ1n) is 5.01. The molecule has 4 nitrogen and oxygen atoms in total. The van der Waals surface area contributed by atoms with Gasteiger partial charge in [0.1, 0.15) is 0 Å². The topological polar surface area (TPSA) is 47.3 Å². The summed E-state index contributed by atoms with van der Waals surface area (Å²) in [6.07, 6.45) is -0.543. The molecule has 86 valence electrons. The molecule has 0 saturated carbocycles. The number of aromatic nitrogens is 2. The van der Waals surface area contributed by atoms with Crippen molar-refractivity contribution in [2.75, 3.05) is 13.2 Å². The smallest absolute Gasteiger partial charge is 0.0969 e. The zero-order chi connectivity index (χ0) is 11.4. The van der Waals surface area contributed by atoms with Gasteiger partial charge < -0.3 is 9.84 Å². The Morgan fingerprint density at radius 3 is 2.67 bits per heavy atom. The molecule has 1 rings (SSSR count). The van der Waals surface area contributed by atoms with Crippen LogP contribution in [0.4, 0.5) is 0 Å². The molecule has 15 heavy (non-hydrogen) atoms. The van der Waals surface area contributed by atoms with Gasteiger partial charge >= 0.3 is 0 Å². The van der Waals surface area contributed by atoms with Crippen LogP contribution in [0.25, 0.3) is 0 Å². The number of nitrogens with zero attached hydrogens (tertiary/aromatic N) is 2. The van der Waals surface area contributed by atoms with Gasteiger partial charge in [-0.25, -0.2) is 0 Å². The van der Waals surface area contributed by atoms with Crippen LogP contribution in [0.15, 0.2) is 0 Å². The fourth-order valence-electron chi connectivity index (χ4n) is 1.36. The maximum absolute atomic E-state index is 9.63. The first kappa shape index (κ1) is 12.5. The number of rotatable bonds is 5. The molecular weight excluding hydrogens is 216 g/mol. The molecule has 0 radical (unpaired) electrons. The summed E-state index contributed by atoms with van der Waals surface area (Å²) in [5.41, 5.74) is 1.67. The molecule has 1 unspecified atom stereocenters. The summed E-state index contributed by atoms with van der Waals surface area (Å²) in [6, 6.07) is 0. The summed E-state index contributed by atoms with van der Waals surface area (Å²) in [5, 5.41) is 14.5. The van der Waals surface area contributed by atoms with E-state index in [1.807, 2.05) is 20.8 Å². The normalized spacial score (nSPS) is 13.1. The number of ether oxygens (including phenoxy) is 1. The summed E-state index contributed by atoms with van der Waals surface area (Å²) < 4.78 is 6.83. The van der Waals surface area contributed by atoms with Crippen molar-refractivity contribution in [3.05, 3.63) is 16.4 Å². The second-order valence-electron chi connectivity index (χ2n) is 3.48. The van der Waals surface area contributed by atoms with E-state index in [1.165, 1.54) is 0 Å². The molecule has 0 aliphatic heterocycles. The molecule has 0 bridgehead atoms. The van der Waals surface area contributed by atoms with Gasteiger partial charge in [-0.3, -0.25) is 4.68 Å². The highest BCUT2D eigenvalue weighted by Crippen LogP contribution is 2.18. The number of halogens is 1. The van der Waals surface area contributed by atoms with Gasteiger partial charge in [0.05, 0.1) is 35.7 Å². The van der Waals surface area contributed by atoms with Crippen molar-refractivity contribution in [1.29, 1.82) is 0 Å². The molecule has 0 fully saturated rings. The number of hydrogen-bond acceptors (Lipinski definition) is 3. The van der Waals surface area contributed by atoms with Gasteiger partial charge in [-0.1, -0.05) is 11.6 Å². The molecule has 0 saturated heterocycles. The van der Waals surface area contributed by atoms with Gasteiger partial charge in [0.15, 0.2) is 0 Å². The van der Waals surface area contributed by atoms with Crippen LogP contribution in [-0.4, -0.2) is 34.2 Å². The third-order valence-electron chi connectivity index (χ3n) is 2.19. The van der Waals surface area contributed by atoms with Crippen LogP contribution in [0.3, 0.4) is 0 Å². The zero-order valence-electron chi connectivity index (χ0n) is 9.33. The molecule has 0 aliphatic carbocycles. The summed E-state index contributed by atoms with van der Waals surface area (Å²) in [6.45, 7) is 6.98. The van der Waals surface area contributed by atoms with Crippen molar-refractivity contribution in [2.45, 2.75) is 33.4 Å². The lowest BCUT2D eigenvalue weighted by atomic mass is 10.3. The molecule has 0 spiro atoms. The van der Waals surface area contributed by atoms with E-state index in [0.717, 1.165) is 11.4 Å². The zero-order valence-corrected chi connectivity index (χ0v) is 10.1. The third kappa shape index (κ3) is 3.19. The first-order chi connectivity index (χ1) is 7.06. The van der Waals surface area contributed by atoms with Gasteiger partial charge in [0, 0.05) is 6.61 Å². The molecular formula is C10H17ClN2O2. The Labute approximate surface area is 94.8 Å². The van der Waals surface area contributed by atoms with Crippen LogP contribution in [0.2, 0.25) is 5.02 Å². The highest BCUT2D eigenvalue weighted by Gasteiger charge is 2.12. The highest BCUT2D eigenvalue weighted by atomic mass is 35.5. The van der Waals surface area contributed by atoms with Crippen LogP contribution in [0.5, 0.6) is 0 Å². The van der Waals surface area contributed by atoms with E-state index in [9.17, 15) is 5.11 Å². The van der Waals surface area contributed by atoms with E-state index in [1.54, 1.807) is 4.68 Å². The van der Waals surface area contributed by atoms with Gasteiger partial charge in [0.25, 0.3) is 0 Å².